The summed E-state index contributed by atoms with van der Waals surface area (Å²) in [5.41, 5.74) is 0. The minimum atomic E-state index is -0.296. The predicted molar refractivity (Wildman–Crippen MR) is 97.8 cm³/mol. The number of nitrogens with one attached hydrogen (secondary N) is 2. The van der Waals surface area contributed by atoms with E-state index in [4.69, 9.17) is 4.74 Å². The van der Waals surface area contributed by atoms with Crippen LogP contribution in [0.1, 0.15) is 47.5 Å². The summed E-state index contributed by atoms with van der Waals surface area (Å²) >= 11 is 0. The van der Waals surface area contributed by atoms with E-state index in [1.54, 1.807) is 26.1 Å². The lowest BCUT2D eigenvalue weighted by molar-refractivity contribution is -0.138. The molecule has 0 aromatic carbocycles. The number of ether oxygens (including phenoxy) is 1. The number of amides is 2. The Morgan fingerprint density at radius 1 is 1.12 bits per heavy atom. The molecule has 2 amide bonds. The summed E-state index contributed by atoms with van der Waals surface area (Å²) in [4.78, 5) is 26.5. The third-order valence-electron chi connectivity index (χ3n) is 4.83. The van der Waals surface area contributed by atoms with Crippen molar-refractivity contribution in [3.05, 3.63) is 0 Å². The maximum atomic E-state index is 12.6. The van der Waals surface area contributed by atoms with Gasteiger partial charge in [-0.3, -0.25) is 9.59 Å². The topological polar surface area (TPSA) is 70.7 Å². The average Bonchev–Trinajstić information content (AvgIpc) is 2.56. The van der Waals surface area contributed by atoms with Crippen molar-refractivity contribution < 1.29 is 14.3 Å². The molecular formula is C18H37N3O3. The van der Waals surface area contributed by atoms with Gasteiger partial charge in [0.15, 0.2) is 0 Å². The summed E-state index contributed by atoms with van der Waals surface area (Å²) in [5, 5.41) is 5.73. The highest BCUT2D eigenvalue weighted by Gasteiger charge is 2.31. The summed E-state index contributed by atoms with van der Waals surface area (Å²) in [6.45, 7) is 10.2. The predicted octanol–water partition coefficient (Wildman–Crippen LogP) is 1.64. The Morgan fingerprint density at radius 3 is 2.08 bits per heavy atom. The summed E-state index contributed by atoms with van der Waals surface area (Å²) < 4.78 is 5.58. The fourth-order valence-corrected chi connectivity index (χ4v) is 3.12. The zero-order chi connectivity index (χ0) is 18.9. The first kappa shape index (κ1) is 22.9. The van der Waals surface area contributed by atoms with Gasteiger partial charge in [0.25, 0.3) is 0 Å². The lowest BCUT2D eigenvalue weighted by atomic mass is 9.91. The number of hydrogen-bond donors (Lipinski definition) is 2. The molecule has 0 radical (unpaired) electrons. The molecule has 142 valence electrons. The Bertz CT molecular complexity index is 384. The third-order valence-corrected chi connectivity index (χ3v) is 4.83. The summed E-state index contributed by atoms with van der Waals surface area (Å²) in [5.74, 6) is 0.241. The van der Waals surface area contributed by atoms with Crippen molar-refractivity contribution in [2.24, 2.45) is 11.8 Å². The minimum Gasteiger partial charge on any atom is -0.379 e. The molecule has 0 aliphatic carbocycles. The number of hydrogen-bond acceptors (Lipinski definition) is 4. The van der Waals surface area contributed by atoms with E-state index in [0.717, 1.165) is 12.8 Å². The molecule has 0 aromatic heterocycles. The maximum absolute atomic E-state index is 12.6. The van der Waals surface area contributed by atoms with Crippen LogP contribution in [-0.4, -0.2) is 62.7 Å². The van der Waals surface area contributed by atoms with Crippen molar-refractivity contribution in [3.63, 3.8) is 0 Å². The molecule has 0 saturated carbocycles. The van der Waals surface area contributed by atoms with Crippen LogP contribution in [0.5, 0.6) is 0 Å². The van der Waals surface area contributed by atoms with Crippen molar-refractivity contribution in [2.45, 2.75) is 65.6 Å². The average molecular weight is 344 g/mol. The second-order valence-electron chi connectivity index (χ2n) is 6.79. The molecule has 0 heterocycles. The Morgan fingerprint density at radius 2 is 1.71 bits per heavy atom. The van der Waals surface area contributed by atoms with Crippen LogP contribution in [0.15, 0.2) is 0 Å². The van der Waals surface area contributed by atoms with E-state index in [1.807, 2.05) is 13.8 Å². The summed E-state index contributed by atoms with van der Waals surface area (Å²) in [7, 11) is 5.23. The second-order valence-corrected chi connectivity index (χ2v) is 6.79. The van der Waals surface area contributed by atoms with E-state index in [2.05, 4.69) is 31.4 Å². The number of methoxy groups -OCH3 is 1. The molecule has 0 aliphatic rings. The first-order valence-corrected chi connectivity index (χ1v) is 8.98. The molecule has 0 fully saturated rings. The van der Waals surface area contributed by atoms with Gasteiger partial charge in [-0.05, 0) is 25.3 Å². The smallest absolute Gasteiger partial charge is 0.242 e. The Hall–Kier alpha value is -1.14. The molecule has 0 bridgehead atoms. The fraction of sp³-hybridized carbons (Fsp3) is 0.889. The SMILES string of the molecule is CCC(C)C(C(CC)OC)N(C)C(=O)CNC(=O)C(NC)C(C)C. The van der Waals surface area contributed by atoms with Crippen LogP contribution in [0.2, 0.25) is 0 Å². The number of likely N-dealkylation sites (N-methyl/N-ethyl adjacent to an activating group) is 2. The van der Waals surface area contributed by atoms with E-state index in [9.17, 15) is 9.59 Å². The Labute approximate surface area is 147 Å². The van der Waals surface area contributed by atoms with Gasteiger partial charge >= 0.3 is 0 Å². The normalized spacial score (nSPS) is 16.4. The Balaban J connectivity index is 4.90. The monoisotopic (exact) mass is 343 g/mol. The van der Waals surface area contributed by atoms with Gasteiger partial charge in [0.2, 0.25) is 11.8 Å². The van der Waals surface area contributed by atoms with Gasteiger partial charge in [-0.2, -0.15) is 0 Å². The standard InChI is InChI=1S/C18H37N3O3/c1-9-13(5)17(14(10-2)24-8)21(7)15(22)11-20-18(23)16(19-6)12(3)4/h12-14,16-17,19H,9-11H2,1-8H3,(H,20,23). The van der Waals surface area contributed by atoms with Crippen molar-refractivity contribution in [3.8, 4) is 0 Å². The third kappa shape index (κ3) is 6.40. The van der Waals surface area contributed by atoms with E-state index in [-0.39, 0.29) is 42.5 Å². The highest BCUT2D eigenvalue weighted by molar-refractivity contribution is 5.87. The highest BCUT2D eigenvalue weighted by atomic mass is 16.5. The molecule has 0 spiro atoms. The molecule has 2 N–H and O–H groups in total. The quantitative estimate of drug-likeness (QED) is 0.598. The molecule has 24 heavy (non-hydrogen) atoms. The first-order valence-electron chi connectivity index (χ1n) is 8.98. The van der Waals surface area contributed by atoms with Crippen LogP contribution < -0.4 is 10.6 Å². The lowest BCUT2D eigenvalue weighted by Gasteiger charge is -2.37. The Kier molecular flexibility index (Phi) is 10.9. The van der Waals surface area contributed by atoms with Gasteiger partial charge in [0.1, 0.15) is 0 Å². The van der Waals surface area contributed by atoms with E-state index < -0.39 is 0 Å². The molecule has 4 atom stereocenters. The zero-order valence-corrected chi connectivity index (χ0v) is 16.7. The van der Waals surface area contributed by atoms with E-state index >= 15 is 0 Å². The van der Waals surface area contributed by atoms with Crippen LogP contribution >= 0.6 is 0 Å². The van der Waals surface area contributed by atoms with Crippen molar-refractivity contribution >= 4 is 11.8 Å². The van der Waals surface area contributed by atoms with Gasteiger partial charge in [0, 0.05) is 14.2 Å². The van der Waals surface area contributed by atoms with Crippen molar-refractivity contribution in [2.75, 3.05) is 27.7 Å². The number of carbonyl (C=O) groups is 2. The van der Waals surface area contributed by atoms with Gasteiger partial charge in [-0.1, -0.05) is 41.0 Å². The molecule has 6 heteroatoms. The van der Waals surface area contributed by atoms with Crippen molar-refractivity contribution in [1.82, 2.24) is 15.5 Å². The maximum Gasteiger partial charge on any atom is 0.242 e. The molecular weight excluding hydrogens is 306 g/mol. The lowest BCUT2D eigenvalue weighted by Crippen LogP contribution is -2.53. The highest BCUT2D eigenvalue weighted by Crippen LogP contribution is 2.21. The molecule has 0 rings (SSSR count). The van der Waals surface area contributed by atoms with E-state index in [0.29, 0.717) is 5.92 Å². The molecule has 6 nitrogen and oxygen atoms in total. The summed E-state index contributed by atoms with van der Waals surface area (Å²) in [6, 6.07) is -0.296. The largest absolute Gasteiger partial charge is 0.379 e. The van der Waals surface area contributed by atoms with E-state index in [1.165, 1.54) is 0 Å². The molecule has 4 unspecified atom stereocenters. The van der Waals surface area contributed by atoms with Gasteiger partial charge in [-0.25, -0.2) is 0 Å². The van der Waals surface area contributed by atoms with Crippen LogP contribution in [-0.2, 0) is 14.3 Å². The second kappa shape index (κ2) is 11.4. The first-order chi connectivity index (χ1) is 11.2. The minimum absolute atomic E-state index is 0.000372. The fourth-order valence-electron chi connectivity index (χ4n) is 3.12. The molecule has 0 saturated heterocycles. The van der Waals surface area contributed by atoms with Crippen molar-refractivity contribution in [1.29, 1.82) is 0 Å². The molecule has 0 aliphatic heterocycles. The molecule has 0 aromatic rings. The number of carbonyl (C=O) groups excluding carboxylic acids is 2. The number of nitrogens with zero attached hydrogens (tertiary/aromatic N) is 1. The van der Waals surface area contributed by atoms with Crippen LogP contribution in [0.3, 0.4) is 0 Å². The van der Waals surface area contributed by atoms with Crippen LogP contribution in [0, 0.1) is 11.8 Å². The van der Waals surface area contributed by atoms with Gasteiger partial charge in [-0.15, -0.1) is 0 Å². The van der Waals surface area contributed by atoms with Gasteiger partial charge in [0.05, 0.1) is 24.7 Å². The van der Waals surface area contributed by atoms with Gasteiger partial charge < -0.3 is 20.3 Å². The van der Waals surface area contributed by atoms with Crippen LogP contribution in [0.25, 0.3) is 0 Å². The summed E-state index contributed by atoms with van der Waals surface area (Å²) in [6.07, 6.45) is 1.79. The zero-order valence-electron chi connectivity index (χ0n) is 16.7. The van der Waals surface area contributed by atoms with Crippen LogP contribution in [0.4, 0.5) is 0 Å². The number of rotatable bonds is 11.